The predicted molar refractivity (Wildman–Crippen MR) is 79.4 cm³/mol. The third-order valence-electron chi connectivity index (χ3n) is 4.67. The maximum absolute atomic E-state index is 9.87. The Balaban J connectivity index is 2.72. The van der Waals surface area contributed by atoms with E-state index in [1.165, 1.54) is 12.8 Å². The molecule has 0 aliphatic heterocycles. The highest BCUT2D eigenvalue weighted by Gasteiger charge is 2.45. The Morgan fingerprint density at radius 1 is 1.37 bits per heavy atom. The molecule has 1 unspecified atom stereocenters. The van der Waals surface area contributed by atoms with E-state index in [0.717, 1.165) is 32.5 Å². The average molecular weight is 272 g/mol. The summed E-state index contributed by atoms with van der Waals surface area (Å²) in [6.07, 6.45) is 4.77. The van der Waals surface area contributed by atoms with Gasteiger partial charge in [0.25, 0.3) is 0 Å². The van der Waals surface area contributed by atoms with Crippen molar-refractivity contribution in [2.75, 3.05) is 40.5 Å². The first-order chi connectivity index (χ1) is 9.17. The first kappa shape index (κ1) is 16.9. The molecule has 0 saturated heterocycles. The minimum Gasteiger partial charge on any atom is -0.394 e. The van der Waals surface area contributed by atoms with Crippen LogP contribution in [0.4, 0.5) is 0 Å². The van der Waals surface area contributed by atoms with E-state index < -0.39 is 0 Å². The van der Waals surface area contributed by atoms with Crippen LogP contribution in [0.1, 0.15) is 39.5 Å². The monoisotopic (exact) mass is 272 g/mol. The molecule has 19 heavy (non-hydrogen) atoms. The minimum absolute atomic E-state index is 0.129. The normalized spacial score (nSPS) is 19.1. The first-order valence-electron chi connectivity index (χ1n) is 7.70. The Hall–Kier alpha value is -0.160. The number of aliphatic hydroxyl groups excluding tert-OH is 1. The van der Waals surface area contributed by atoms with Crippen LogP contribution in [0.2, 0.25) is 0 Å². The van der Waals surface area contributed by atoms with E-state index in [4.69, 9.17) is 4.74 Å². The molecule has 1 rings (SSSR count). The second-order valence-electron chi connectivity index (χ2n) is 5.77. The summed E-state index contributed by atoms with van der Waals surface area (Å²) in [6, 6.07) is 0.577. The summed E-state index contributed by atoms with van der Waals surface area (Å²) >= 11 is 0. The SMILES string of the molecule is CCC(CC)N(CCOC)CC(CO)(NC)C1CC1. The van der Waals surface area contributed by atoms with Gasteiger partial charge in [-0.3, -0.25) is 4.90 Å². The van der Waals surface area contributed by atoms with E-state index in [1.807, 2.05) is 7.05 Å². The van der Waals surface area contributed by atoms with E-state index in [0.29, 0.717) is 12.0 Å². The van der Waals surface area contributed by atoms with Gasteiger partial charge in [-0.05, 0) is 38.6 Å². The number of likely N-dealkylation sites (N-methyl/N-ethyl adjacent to an activating group) is 1. The molecular formula is C15H32N2O2. The fraction of sp³-hybridized carbons (Fsp3) is 1.00. The highest BCUT2D eigenvalue weighted by Crippen LogP contribution is 2.40. The fourth-order valence-corrected chi connectivity index (χ4v) is 3.07. The van der Waals surface area contributed by atoms with Gasteiger partial charge in [0.05, 0.1) is 18.8 Å². The van der Waals surface area contributed by atoms with Crippen molar-refractivity contribution in [3.05, 3.63) is 0 Å². The lowest BCUT2D eigenvalue weighted by atomic mass is 9.92. The van der Waals surface area contributed by atoms with Crippen molar-refractivity contribution in [1.82, 2.24) is 10.2 Å². The predicted octanol–water partition coefficient (Wildman–Crippen LogP) is 1.48. The van der Waals surface area contributed by atoms with Crippen molar-refractivity contribution in [2.45, 2.75) is 51.1 Å². The van der Waals surface area contributed by atoms with Crippen LogP contribution in [0.3, 0.4) is 0 Å². The Kier molecular flexibility index (Phi) is 7.29. The Bertz CT molecular complexity index is 236. The molecule has 1 atom stereocenters. The molecule has 2 N–H and O–H groups in total. The van der Waals surface area contributed by atoms with Crippen LogP contribution in [0.5, 0.6) is 0 Å². The molecule has 1 fully saturated rings. The summed E-state index contributed by atoms with van der Waals surface area (Å²) in [5.74, 6) is 0.627. The second kappa shape index (κ2) is 8.20. The van der Waals surface area contributed by atoms with E-state index in [-0.39, 0.29) is 12.1 Å². The van der Waals surface area contributed by atoms with Crippen LogP contribution in [0, 0.1) is 5.92 Å². The molecule has 0 aromatic rings. The molecule has 0 aromatic carbocycles. The van der Waals surface area contributed by atoms with Gasteiger partial charge >= 0.3 is 0 Å². The Morgan fingerprint density at radius 2 is 2.00 bits per heavy atom. The molecule has 4 nitrogen and oxygen atoms in total. The molecule has 0 aromatic heterocycles. The highest BCUT2D eigenvalue weighted by atomic mass is 16.5. The standard InChI is InChI=1S/C15H32N2O2/c1-5-14(6-2)17(9-10-19-4)11-15(12-18,16-3)13-7-8-13/h13-14,16,18H,5-12H2,1-4H3. The zero-order valence-corrected chi connectivity index (χ0v) is 13.1. The van der Waals surface area contributed by atoms with Crippen LogP contribution in [0.25, 0.3) is 0 Å². The van der Waals surface area contributed by atoms with E-state index >= 15 is 0 Å². The lowest BCUT2D eigenvalue weighted by molar-refractivity contribution is 0.0532. The van der Waals surface area contributed by atoms with Gasteiger partial charge in [0.2, 0.25) is 0 Å². The molecule has 0 bridgehead atoms. The summed E-state index contributed by atoms with van der Waals surface area (Å²) in [7, 11) is 3.74. The van der Waals surface area contributed by atoms with Gasteiger partial charge in [0.15, 0.2) is 0 Å². The van der Waals surface area contributed by atoms with Gasteiger partial charge in [-0.25, -0.2) is 0 Å². The van der Waals surface area contributed by atoms with Gasteiger partial charge in [-0.1, -0.05) is 13.8 Å². The molecule has 0 amide bonds. The zero-order chi connectivity index (χ0) is 14.3. The number of nitrogens with one attached hydrogen (secondary N) is 1. The van der Waals surface area contributed by atoms with Crippen molar-refractivity contribution < 1.29 is 9.84 Å². The largest absolute Gasteiger partial charge is 0.394 e. The summed E-state index contributed by atoms with van der Waals surface area (Å²) in [4.78, 5) is 2.49. The topological polar surface area (TPSA) is 44.7 Å². The van der Waals surface area contributed by atoms with Crippen molar-refractivity contribution in [1.29, 1.82) is 0 Å². The van der Waals surface area contributed by atoms with Crippen LogP contribution < -0.4 is 5.32 Å². The van der Waals surface area contributed by atoms with Gasteiger partial charge in [0.1, 0.15) is 0 Å². The van der Waals surface area contributed by atoms with Crippen LogP contribution in [-0.4, -0.2) is 62.0 Å². The smallest absolute Gasteiger partial charge is 0.0628 e. The number of rotatable bonds is 11. The van der Waals surface area contributed by atoms with Crippen LogP contribution >= 0.6 is 0 Å². The van der Waals surface area contributed by atoms with E-state index in [2.05, 4.69) is 24.1 Å². The third-order valence-corrected chi connectivity index (χ3v) is 4.67. The second-order valence-corrected chi connectivity index (χ2v) is 5.77. The number of hydrogen-bond acceptors (Lipinski definition) is 4. The average Bonchev–Trinajstić information content (AvgIpc) is 3.27. The zero-order valence-electron chi connectivity index (χ0n) is 13.1. The van der Waals surface area contributed by atoms with E-state index in [1.54, 1.807) is 7.11 Å². The number of hydrogen-bond donors (Lipinski definition) is 2. The van der Waals surface area contributed by atoms with Gasteiger partial charge < -0.3 is 15.2 Å². The number of methoxy groups -OCH3 is 1. The van der Waals surface area contributed by atoms with Crippen LogP contribution in [-0.2, 0) is 4.74 Å². The van der Waals surface area contributed by atoms with Crippen LogP contribution in [0.15, 0.2) is 0 Å². The van der Waals surface area contributed by atoms with E-state index in [9.17, 15) is 5.11 Å². The molecular weight excluding hydrogens is 240 g/mol. The van der Waals surface area contributed by atoms with Gasteiger partial charge in [-0.2, -0.15) is 0 Å². The summed E-state index contributed by atoms with van der Waals surface area (Å²) in [5.41, 5.74) is -0.129. The van der Waals surface area contributed by atoms with Crippen molar-refractivity contribution >= 4 is 0 Å². The fourth-order valence-electron chi connectivity index (χ4n) is 3.07. The first-order valence-corrected chi connectivity index (χ1v) is 7.70. The summed E-state index contributed by atoms with van der Waals surface area (Å²) in [6.45, 7) is 7.32. The number of ether oxygens (including phenoxy) is 1. The molecule has 114 valence electrons. The molecule has 1 aliphatic rings. The maximum atomic E-state index is 9.87. The van der Waals surface area contributed by atoms with Crippen molar-refractivity contribution in [2.24, 2.45) is 5.92 Å². The molecule has 0 spiro atoms. The minimum atomic E-state index is -0.129. The highest BCUT2D eigenvalue weighted by molar-refractivity contribution is 5.02. The molecule has 1 aliphatic carbocycles. The lowest BCUT2D eigenvalue weighted by Crippen LogP contribution is -2.58. The molecule has 4 heteroatoms. The van der Waals surface area contributed by atoms with Gasteiger partial charge in [-0.15, -0.1) is 0 Å². The number of aliphatic hydroxyl groups is 1. The van der Waals surface area contributed by atoms with Gasteiger partial charge in [0, 0.05) is 26.2 Å². The summed E-state index contributed by atoms with van der Waals surface area (Å²) < 4.78 is 5.24. The van der Waals surface area contributed by atoms with Crippen molar-refractivity contribution in [3.8, 4) is 0 Å². The summed E-state index contributed by atoms with van der Waals surface area (Å²) in [5, 5.41) is 13.3. The third kappa shape index (κ3) is 4.42. The maximum Gasteiger partial charge on any atom is 0.0628 e. The molecule has 1 saturated carbocycles. The molecule has 0 radical (unpaired) electrons. The number of nitrogens with zero attached hydrogens (tertiary/aromatic N) is 1. The van der Waals surface area contributed by atoms with Crippen molar-refractivity contribution in [3.63, 3.8) is 0 Å². The molecule has 0 heterocycles. The quantitative estimate of drug-likeness (QED) is 0.598. The Morgan fingerprint density at radius 3 is 2.37 bits per heavy atom. The lowest BCUT2D eigenvalue weighted by Gasteiger charge is -2.40. The Labute approximate surface area is 118 Å².